The van der Waals surface area contributed by atoms with E-state index in [4.69, 9.17) is 0 Å². The Morgan fingerprint density at radius 3 is 3.00 bits per heavy atom. The fourth-order valence-electron chi connectivity index (χ4n) is 2.55. The van der Waals surface area contributed by atoms with Crippen LogP contribution in [0.2, 0.25) is 0 Å². The molecule has 120 valence electrons. The third kappa shape index (κ3) is 4.16. The van der Waals surface area contributed by atoms with E-state index in [1.54, 1.807) is 6.92 Å². The van der Waals surface area contributed by atoms with E-state index < -0.39 is 5.97 Å². The molecule has 0 atom stereocenters. The zero-order valence-electron chi connectivity index (χ0n) is 13.0. The molecule has 0 saturated carbocycles. The van der Waals surface area contributed by atoms with Gasteiger partial charge in [0.1, 0.15) is 5.82 Å². The van der Waals surface area contributed by atoms with Crippen LogP contribution in [0, 0.1) is 5.82 Å². The van der Waals surface area contributed by atoms with Crippen LogP contribution in [0.5, 0.6) is 0 Å². The van der Waals surface area contributed by atoms with Crippen LogP contribution in [-0.4, -0.2) is 24.3 Å². The summed E-state index contributed by atoms with van der Waals surface area (Å²) in [5, 5.41) is 12.3. The van der Waals surface area contributed by atoms with Crippen molar-refractivity contribution in [1.29, 1.82) is 0 Å². The Bertz CT molecular complexity index is 718. The molecule has 0 aliphatic heterocycles. The topological polar surface area (TPSA) is 61.7 Å². The molecule has 5 heteroatoms. The Balaban J connectivity index is 2.19. The molecule has 0 saturated heterocycles. The number of benzene rings is 1. The first-order valence-corrected chi connectivity index (χ1v) is 7.31. The van der Waals surface area contributed by atoms with Crippen molar-refractivity contribution in [2.75, 3.05) is 6.54 Å². The van der Waals surface area contributed by atoms with Crippen LogP contribution < -0.4 is 5.32 Å². The molecule has 2 rings (SSSR count). The lowest BCUT2D eigenvalue weighted by Crippen LogP contribution is -2.19. The predicted molar refractivity (Wildman–Crippen MR) is 89.7 cm³/mol. The van der Waals surface area contributed by atoms with Gasteiger partial charge in [0, 0.05) is 18.4 Å². The van der Waals surface area contributed by atoms with Gasteiger partial charge >= 0.3 is 5.97 Å². The molecule has 0 radical (unpaired) electrons. The van der Waals surface area contributed by atoms with Crippen LogP contribution in [0.15, 0.2) is 52.8 Å². The third-order valence-electron chi connectivity index (χ3n) is 3.75. The molecule has 2 N–H and O–H groups in total. The maximum atomic E-state index is 13.5. The number of carboxylic acid groups (broad SMARTS) is 1. The Hall–Kier alpha value is -2.69. The number of nitrogens with zero attached hydrogens (tertiary/aromatic N) is 1. The number of hydrogen-bond acceptors (Lipinski definition) is 3. The molecule has 23 heavy (non-hydrogen) atoms. The molecule has 0 spiro atoms. The number of carboxylic acids is 1. The number of rotatable bonds is 6. The molecule has 4 nitrogen and oxygen atoms in total. The standard InChI is InChI=1S/C18H19FN2O2/c1-12(16(18(22)23)8-9-20-2)21-11-14-5-3-4-13-6-7-15(19)10-17(13)14/h5-10,21H,2-4,11H2,1H3,(H,22,23)/b9-8-,16-12-. The molecule has 1 aromatic rings. The summed E-state index contributed by atoms with van der Waals surface area (Å²) in [5.74, 6) is -1.31. The van der Waals surface area contributed by atoms with Gasteiger partial charge < -0.3 is 10.4 Å². The van der Waals surface area contributed by atoms with Crippen molar-refractivity contribution >= 4 is 18.3 Å². The fraction of sp³-hybridized carbons (Fsp3) is 0.222. The SMILES string of the molecule is C=N/C=C\C(C(=O)O)=C(/C)NCC1=CCCc2ccc(F)cc21. The number of fused-ring (bicyclic) bond motifs is 1. The number of carbonyl (C=O) groups is 1. The zero-order valence-corrected chi connectivity index (χ0v) is 13.0. The van der Waals surface area contributed by atoms with E-state index >= 15 is 0 Å². The van der Waals surface area contributed by atoms with Crippen LogP contribution in [0.4, 0.5) is 4.39 Å². The highest BCUT2D eigenvalue weighted by atomic mass is 19.1. The van der Waals surface area contributed by atoms with Crippen molar-refractivity contribution in [1.82, 2.24) is 5.32 Å². The summed E-state index contributed by atoms with van der Waals surface area (Å²) in [6, 6.07) is 4.80. The first-order valence-electron chi connectivity index (χ1n) is 7.31. The van der Waals surface area contributed by atoms with Crippen molar-refractivity contribution in [2.45, 2.75) is 19.8 Å². The quantitative estimate of drug-likeness (QED) is 0.481. The molecule has 1 aromatic carbocycles. The highest BCUT2D eigenvalue weighted by Gasteiger charge is 2.14. The average molecular weight is 314 g/mol. The lowest BCUT2D eigenvalue weighted by molar-refractivity contribution is -0.132. The van der Waals surface area contributed by atoms with Gasteiger partial charge in [-0.05, 0) is 61.4 Å². The monoisotopic (exact) mass is 314 g/mol. The maximum absolute atomic E-state index is 13.5. The summed E-state index contributed by atoms with van der Waals surface area (Å²) in [4.78, 5) is 14.8. The minimum Gasteiger partial charge on any atom is -0.478 e. The van der Waals surface area contributed by atoms with Gasteiger partial charge in [0.15, 0.2) is 0 Å². The summed E-state index contributed by atoms with van der Waals surface area (Å²) in [5.41, 5.74) is 3.61. The van der Waals surface area contributed by atoms with E-state index in [0.717, 1.165) is 29.5 Å². The van der Waals surface area contributed by atoms with E-state index in [2.05, 4.69) is 23.1 Å². The summed E-state index contributed by atoms with van der Waals surface area (Å²) in [6.07, 6.45) is 6.57. The van der Waals surface area contributed by atoms with Gasteiger partial charge in [0.05, 0.1) is 5.57 Å². The Morgan fingerprint density at radius 1 is 1.52 bits per heavy atom. The van der Waals surface area contributed by atoms with Crippen LogP contribution in [0.1, 0.15) is 24.5 Å². The van der Waals surface area contributed by atoms with Crippen molar-refractivity contribution in [3.63, 3.8) is 0 Å². The largest absolute Gasteiger partial charge is 0.478 e. The molecular weight excluding hydrogens is 295 g/mol. The van der Waals surface area contributed by atoms with Crippen molar-refractivity contribution in [3.8, 4) is 0 Å². The first kappa shape index (κ1) is 16.7. The molecule has 0 bridgehead atoms. The van der Waals surface area contributed by atoms with Crippen molar-refractivity contribution < 1.29 is 14.3 Å². The third-order valence-corrected chi connectivity index (χ3v) is 3.75. The number of aryl methyl sites for hydroxylation is 1. The van der Waals surface area contributed by atoms with E-state index in [1.165, 1.54) is 24.4 Å². The predicted octanol–water partition coefficient (Wildman–Crippen LogP) is 3.32. The second kappa shape index (κ2) is 7.54. The van der Waals surface area contributed by atoms with Crippen LogP contribution in [0.3, 0.4) is 0 Å². The van der Waals surface area contributed by atoms with Gasteiger partial charge in [-0.15, -0.1) is 0 Å². The molecule has 0 aromatic heterocycles. The summed E-state index contributed by atoms with van der Waals surface area (Å²) < 4.78 is 13.5. The van der Waals surface area contributed by atoms with Crippen LogP contribution in [0.25, 0.3) is 5.57 Å². The average Bonchev–Trinajstić information content (AvgIpc) is 2.52. The normalized spacial score (nSPS) is 14.8. The number of aliphatic imine (C=N–C) groups is 1. The highest BCUT2D eigenvalue weighted by molar-refractivity contribution is 5.90. The van der Waals surface area contributed by atoms with E-state index in [9.17, 15) is 14.3 Å². The Labute approximate surface area is 134 Å². The Kier molecular flexibility index (Phi) is 5.46. The maximum Gasteiger partial charge on any atom is 0.337 e. The minimum atomic E-state index is -1.04. The van der Waals surface area contributed by atoms with Crippen molar-refractivity contribution in [3.05, 3.63) is 64.8 Å². The number of nitrogens with one attached hydrogen (secondary N) is 1. The van der Waals surface area contributed by atoms with Gasteiger partial charge in [-0.1, -0.05) is 12.1 Å². The molecule has 1 aliphatic carbocycles. The van der Waals surface area contributed by atoms with Crippen LogP contribution in [-0.2, 0) is 11.2 Å². The van der Waals surface area contributed by atoms with Crippen LogP contribution >= 0.6 is 0 Å². The summed E-state index contributed by atoms with van der Waals surface area (Å²) >= 11 is 0. The van der Waals surface area contributed by atoms with E-state index in [-0.39, 0.29) is 11.4 Å². The van der Waals surface area contributed by atoms with Gasteiger partial charge in [0.2, 0.25) is 0 Å². The second-order valence-corrected chi connectivity index (χ2v) is 5.27. The van der Waals surface area contributed by atoms with Gasteiger partial charge in [-0.3, -0.25) is 4.99 Å². The van der Waals surface area contributed by atoms with E-state index in [0.29, 0.717) is 12.2 Å². The fourth-order valence-corrected chi connectivity index (χ4v) is 2.55. The van der Waals surface area contributed by atoms with Crippen molar-refractivity contribution in [2.24, 2.45) is 4.99 Å². The molecule has 0 heterocycles. The first-order chi connectivity index (χ1) is 11.0. The molecular formula is C18H19FN2O2. The Morgan fingerprint density at radius 2 is 2.30 bits per heavy atom. The molecule has 0 amide bonds. The second-order valence-electron chi connectivity index (χ2n) is 5.27. The number of allylic oxidation sites excluding steroid dienone is 2. The lowest BCUT2D eigenvalue weighted by Gasteiger charge is -2.19. The number of aliphatic carboxylic acids is 1. The summed E-state index contributed by atoms with van der Waals surface area (Å²) in [6.45, 7) is 5.41. The summed E-state index contributed by atoms with van der Waals surface area (Å²) in [7, 11) is 0. The lowest BCUT2D eigenvalue weighted by atomic mass is 9.90. The van der Waals surface area contributed by atoms with E-state index in [1.807, 2.05) is 6.07 Å². The molecule has 1 aliphatic rings. The number of halogens is 1. The number of hydrogen-bond donors (Lipinski definition) is 2. The smallest absolute Gasteiger partial charge is 0.337 e. The zero-order chi connectivity index (χ0) is 16.8. The molecule has 0 fully saturated rings. The van der Waals surface area contributed by atoms with Gasteiger partial charge in [0.25, 0.3) is 0 Å². The van der Waals surface area contributed by atoms with Gasteiger partial charge in [-0.25, -0.2) is 9.18 Å². The van der Waals surface area contributed by atoms with Gasteiger partial charge in [-0.2, -0.15) is 0 Å². The minimum absolute atomic E-state index is 0.119. The molecule has 0 unspecified atom stereocenters. The highest BCUT2D eigenvalue weighted by Crippen LogP contribution is 2.27.